The van der Waals surface area contributed by atoms with E-state index in [-0.39, 0.29) is 18.5 Å². The van der Waals surface area contributed by atoms with Gasteiger partial charge < -0.3 is 11.1 Å². The molecular weight excluding hydrogens is 293 g/mol. The molecule has 1 unspecified atom stereocenters. The summed E-state index contributed by atoms with van der Waals surface area (Å²) in [6.07, 6.45) is -4.12. The number of carbonyl (C=O) groups is 1. The van der Waals surface area contributed by atoms with Gasteiger partial charge in [-0.2, -0.15) is 13.2 Å². The molecule has 6 heteroatoms. The first-order valence-corrected chi connectivity index (χ1v) is 7.23. The molecule has 3 nitrogen and oxygen atoms in total. The summed E-state index contributed by atoms with van der Waals surface area (Å²) in [6, 6.07) is 5.12. The largest absolute Gasteiger partial charge is 0.416 e. The Balaban J connectivity index is 2.86. The van der Waals surface area contributed by atoms with Crippen LogP contribution in [0.2, 0.25) is 0 Å². The van der Waals surface area contributed by atoms with Crippen molar-refractivity contribution in [3.63, 3.8) is 0 Å². The van der Waals surface area contributed by atoms with Gasteiger partial charge in [0, 0.05) is 12.1 Å². The average molecular weight is 316 g/mol. The zero-order chi connectivity index (χ0) is 17.0. The van der Waals surface area contributed by atoms with Crippen LogP contribution in [0.25, 0.3) is 0 Å². The van der Waals surface area contributed by atoms with Crippen LogP contribution in [0, 0.1) is 5.92 Å². The Kier molecular flexibility index (Phi) is 6.00. The SMILES string of the molecule is CC(C)CC(C)(CN)NC(=O)Cc1ccccc1C(F)(F)F. The van der Waals surface area contributed by atoms with Gasteiger partial charge in [-0.25, -0.2) is 0 Å². The average Bonchev–Trinajstić information content (AvgIpc) is 2.36. The molecule has 1 atom stereocenters. The van der Waals surface area contributed by atoms with Crippen LogP contribution >= 0.6 is 0 Å². The number of hydrogen-bond acceptors (Lipinski definition) is 2. The molecule has 0 heterocycles. The summed E-state index contributed by atoms with van der Waals surface area (Å²) >= 11 is 0. The van der Waals surface area contributed by atoms with Crippen molar-refractivity contribution in [3.05, 3.63) is 35.4 Å². The van der Waals surface area contributed by atoms with Gasteiger partial charge in [0.25, 0.3) is 0 Å². The number of nitrogens with one attached hydrogen (secondary N) is 1. The van der Waals surface area contributed by atoms with Crippen LogP contribution in [0.1, 0.15) is 38.3 Å². The van der Waals surface area contributed by atoms with Gasteiger partial charge in [0.15, 0.2) is 0 Å². The van der Waals surface area contributed by atoms with Gasteiger partial charge >= 0.3 is 6.18 Å². The number of hydrogen-bond donors (Lipinski definition) is 2. The Bertz CT molecular complexity index is 514. The molecule has 0 saturated carbocycles. The second-order valence-corrected chi connectivity index (χ2v) is 6.24. The van der Waals surface area contributed by atoms with E-state index in [1.54, 1.807) is 6.92 Å². The van der Waals surface area contributed by atoms with Gasteiger partial charge in [-0.1, -0.05) is 32.0 Å². The predicted octanol–water partition coefficient (Wildman–Crippen LogP) is 3.13. The first kappa shape index (κ1) is 18.5. The van der Waals surface area contributed by atoms with Crippen LogP contribution in [-0.4, -0.2) is 18.0 Å². The molecule has 1 aromatic carbocycles. The van der Waals surface area contributed by atoms with Gasteiger partial charge in [-0.05, 0) is 30.9 Å². The van der Waals surface area contributed by atoms with Crippen molar-refractivity contribution in [3.8, 4) is 0 Å². The highest BCUT2D eigenvalue weighted by atomic mass is 19.4. The number of nitrogens with two attached hydrogens (primary N) is 1. The molecule has 0 saturated heterocycles. The number of alkyl halides is 3. The van der Waals surface area contributed by atoms with E-state index >= 15 is 0 Å². The Morgan fingerprint density at radius 2 is 1.86 bits per heavy atom. The van der Waals surface area contributed by atoms with Crippen LogP contribution < -0.4 is 11.1 Å². The molecule has 124 valence electrons. The maximum atomic E-state index is 12.9. The third-order valence-corrected chi connectivity index (χ3v) is 3.42. The Labute approximate surface area is 129 Å². The number of benzene rings is 1. The van der Waals surface area contributed by atoms with Crippen LogP contribution in [0.5, 0.6) is 0 Å². The van der Waals surface area contributed by atoms with E-state index in [0.717, 1.165) is 6.07 Å². The first-order valence-electron chi connectivity index (χ1n) is 7.23. The molecule has 1 rings (SSSR count). The second-order valence-electron chi connectivity index (χ2n) is 6.24. The minimum absolute atomic E-state index is 0.0311. The normalized spacial score (nSPS) is 14.7. The lowest BCUT2D eigenvalue weighted by molar-refractivity contribution is -0.138. The van der Waals surface area contributed by atoms with E-state index in [9.17, 15) is 18.0 Å². The van der Waals surface area contributed by atoms with E-state index in [0.29, 0.717) is 12.3 Å². The highest BCUT2D eigenvalue weighted by Crippen LogP contribution is 2.32. The molecule has 22 heavy (non-hydrogen) atoms. The van der Waals surface area contributed by atoms with E-state index in [4.69, 9.17) is 5.73 Å². The van der Waals surface area contributed by atoms with E-state index in [1.807, 2.05) is 13.8 Å². The van der Waals surface area contributed by atoms with E-state index in [2.05, 4.69) is 5.32 Å². The van der Waals surface area contributed by atoms with Crippen molar-refractivity contribution >= 4 is 5.91 Å². The van der Waals surface area contributed by atoms with Crippen LogP contribution in [-0.2, 0) is 17.4 Å². The van der Waals surface area contributed by atoms with Gasteiger partial charge in [0.05, 0.1) is 12.0 Å². The van der Waals surface area contributed by atoms with Gasteiger partial charge in [0.1, 0.15) is 0 Å². The molecule has 0 aliphatic rings. The Morgan fingerprint density at radius 1 is 1.27 bits per heavy atom. The van der Waals surface area contributed by atoms with Crippen LogP contribution in [0.3, 0.4) is 0 Å². The monoisotopic (exact) mass is 316 g/mol. The third kappa shape index (κ3) is 5.33. The van der Waals surface area contributed by atoms with Crippen LogP contribution in [0.4, 0.5) is 13.2 Å². The summed E-state index contributed by atoms with van der Waals surface area (Å²) in [4.78, 5) is 12.1. The minimum Gasteiger partial charge on any atom is -0.349 e. The van der Waals surface area contributed by atoms with Crippen LogP contribution in [0.15, 0.2) is 24.3 Å². The molecule has 0 bridgehead atoms. The fourth-order valence-corrected chi connectivity index (χ4v) is 2.59. The summed E-state index contributed by atoms with van der Waals surface area (Å²) in [5, 5.41) is 2.77. The smallest absolute Gasteiger partial charge is 0.349 e. The van der Waals surface area contributed by atoms with Crippen molar-refractivity contribution < 1.29 is 18.0 Å². The lowest BCUT2D eigenvalue weighted by Gasteiger charge is -2.31. The maximum Gasteiger partial charge on any atom is 0.416 e. The van der Waals surface area contributed by atoms with Crippen molar-refractivity contribution in [1.82, 2.24) is 5.32 Å². The molecule has 0 aromatic heterocycles. The van der Waals surface area contributed by atoms with Gasteiger partial charge in [-0.3, -0.25) is 4.79 Å². The number of amides is 1. The highest BCUT2D eigenvalue weighted by molar-refractivity contribution is 5.79. The Morgan fingerprint density at radius 3 is 2.36 bits per heavy atom. The standard InChI is InChI=1S/C16H23F3N2O/c1-11(2)9-15(3,10-20)21-14(22)8-12-6-4-5-7-13(12)16(17,18)19/h4-7,11H,8-10,20H2,1-3H3,(H,21,22). The Hall–Kier alpha value is -1.56. The topological polar surface area (TPSA) is 55.1 Å². The maximum absolute atomic E-state index is 12.9. The lowest BCUT2D eigenvalue weighted by atomic mass is 9.90. The molecule has 0 spiro atoms. The van der Waals surface area contributed by atoms with E-state index in [1.165, 1.54) is 18.2 Å². The van der Waals surface area contributed by atoms with Crippen molar-refractivity contribution in [2.24, 2.45) is 11.7 Å². The predicted molar refractivity (Wildman–Crippen MR) is 80.2 cm³/mol. The molecule has 0 aliphatic heterocycles. The van der Waals surface area contributed by atoms with E-state index < -0.39 is 23.2 Å². The first-order chi connectivity index (χ1) is 10.1. The molecule has 1 amide bonds. The number of halogens is 3. The zero-order valence-electron chi connectivity index (χ0n) is 13.1. The summed E-state index contributed by atoms with van der Waals surface area (Å²) in [7, 11) is 0. The molecule has 1 aromatic rings. The van der Waals surface area contributed by atoms with Gasteiger partial charge in [-0.15, -0.1) is 0 Å². The molecule has 0 radical (unpaired) electrons. The fourth-order valence-electron chi connectivity index (χ4n) is 2.59. The molecule has 0 aliphatic carbocycles. The summed E-state index contributed by atoms with van der Waals surface area (Å²) in [5.41, 5.74) is 4.28. The fraction of sp³-hybridized carbons (Fsp3) is 0.562. The molecule has 0 fully saturated rings. The summed E-state index contributed by atoms with van der Waals surface area (Å²) in [6.45, 7) is 6.04. The van der Waals surface area contributed by atoms with Gasteiger partial charge in [0.2, 0.25) is 5.91 Å². The van der Waals surface area contributed by atoms with Crippen molar-refractivity contribution in [2.45, 2.75) is 45.3 Å². The lowest BCUT2D eigenvalue weighted by Crippen LogP contribution is -2.52. The third-order valence-electron chi connectivity index (χ3n) is 3.42. The quantitative estimate of drug-likeness (QED) is 0.847. The summed E-state index contributed by atoms with van der Waals surface area (Å²) in [5.74, 6) is -0.137. The molecule has 3 N–H and O–H groups in total. The highest BCUT2D eigenvalue weighted by Gasteiger charge is 2.34. The minimum atomic E-state index is -4.47. The molecular formula is C16H23F3N2O. The number of carbonyl (C=O) groups excluding carboxylic acids is 1. The second kappa shape index (κ2) is 7.13. The summed E-state index contributed by atoms with van der Waals surface area (Å²) < 4.78 is 38.8. The number of rotatable bonds is 6. The van der Waals surface area contributed by atoms with Crippen molar-refractivity contribution in [2.75, 3.05) is 6.54 Å². The van der Waals surface area contributed by atoms with Crippen molar-refractivity contribution in [1.29, 1.82) is 0 Å². The zero-order valence-corrected chi connectivity index (χ0v) is 13.1.